The van der Waals surface area contributed by atoms with Gasteiger partial charge in [-0.25, -0.2) is 0 Å². The second kappa shape index (κ2) is 4.38. The quantitative estimate of drug-likeness (QED) is 0.679. The number of nitrogens with one attached hydrogen (secondary N) is 1. The van der Waals surface area contributed by atoms with Crippen molar-refractivity contribution in [1.82, 2.24) is 5.32 Å². The maximum absolute atomic E-state index is 11.1. The van der Waals surface area contributed by atoms with Crippen LogP contribution in [0.2, 0.25) is 0 Å². The van der Waals surface area contributed by atoms with E-state index >= 15 is 0 Å². The molecule has 0 spiro atoms. The van der Waals surface area contributed by atoms with Crippen molar-refractivity contribution < 1.29 is 9.21 Å². The maximum Gasteiger partial charge on any atom is 0.227 e. The summed E-state index contributed by atoms with van der Waals surface area (Å²) in [6.07, 6.45) is 3.48. The van der Waals surface area contributed by atoms with E-state index in [0.29, 0.717) is 18.7 Å². The number of amides is 1. The fourth-order valence-electron chi connectivity index (χ4n) is 0.820. The predicted octanol–water partition coefficient (Wildman–Crippen LogP) is 1.12. The van der Waals surface area contributed by atoms with Gasteiger partial charge >= 0.3 is 0 Å². The molecule has 1 N–H and O–H groups in total. The van der Waals surface area contributed by atoms with Gasteiger partial charge in [-0.15, -0.1) is 6.58 Å². The third-order valence-electron chi connectivity index (χ3n) is 1.36. The maximum atomic E-state index is 11.1. The van der Waals surface area contributed by atoms with Gasteiger partial charge in [0.25, 0.3) is 0 Å². The van der Waals surface area contributed by atoms with E-state index in [9.17, 15) is 4.79 Å². The molecular formula is C9H11NO2. The van der Waals surface area contributed by atoms with Gasteiger partial charge in [0, 0.05) is 6.54 Å². The molecule has 0 aliphatic heterocycles. The molecule has 0 aromatic carbocycles. The topological polar surface area (TPSA) is 42.2 Å². The molecule has 1 rings (SSSR count). The number of hydrogen-bond donors (Lipinski definition) is 1. The van der Waals surface area contributed by atoms with E-state index < -0.39 is 0 Å². The highest BCUT2D eigenvalue weighted by atomic mass is 16.3. The van der Waals surface area contributed by atoms with Crippen LogP contribution in [0.4, 0.5) is 0 Å². The number of furan rings is 1. The van der Waals surface area contributed by atoms with Crippen LogP contribution in [0.5, 0.6) is 0 Å². The molecule has 1 aromatic rings. The zero-order valence-corrected chi connectivity index (χ0v) is 6.75. The van der Waals surface area contributed by atoms with Crippen LogP contribution in [0.15, 0.2) is 35.5 Å². The standard InChI is InChI=1S/C9H11NO2/c1-2-5-10-9(11)7-8-4-3-6-12-8/h2-4,6H,1,5,7H2,(H,10,11). The molecule has 0 radical (unpaired) electrons. The monoisotopic (exact) mass is 165 g/mol. The molecule has 0 aliphatic rings. The normalized spacial score (nSPS) is 9.33. The smallest absolute Gasteiger partial charge is 0.227 e. The Morgan fingerprint density at radius 2 is 2.58 bits per heavy atom. The van der Waals surface area contributed by atoms with E-state index in [1.165, 1.54) is 0 Å². The molecule has 64 valence electrons. The minimum atomic E-state index is -0.0511. The lowest BCUT2D eigenvalue weighted by molar-refractivity contribution is -0.120. The molecule has 3 heteroatoms. The van der Waals surface area contributed by atoms with E-state index in [0.717, 1.165) is 0 Å². The van der Waals surface area contributed by atoms with Crippen molar-refractivity contribution in [2.45, 2.75) is 6.42 Å². The van der Waals surface area contributed by atoms with E-state index in [1.54, 1.807) is 24.5 Å². The number of rotatable bonds is 4. The van der Waals surface area contributed by atoms with Crippen LogP contribution in [-0.4, -0.2) is 12.5 Å². The Bertz CT molecular complexity index is 252. The minimum absolute atomic E-state index is 0.0511. The van der Waals surface area contributed by atoms with Gasteiger partial charge in [0.1, 0.15) is 5.76 Å². The van der Waals surface area contributed by atoms with Gasteiger partial charge in [-0.05, 0) is 12.1 Å². The Labute approximate surface area is 71.1 Å². The summed E-state index contributed by atoms with van der Waals surface area (Å²) in [5.41, 5.74) is 0. The first-order chi connectivity index (χ1) is 5.83. The summed E-state index contributed by atoms with van der Waals surface area (Å²) >= 11 is 0. The fraction of sp³-hybridized carbons (Fsp3) is 0.222. The van der Waals surface area contributed by atoms with Gasteiger partial charge < -0.3 is 9.73 Å². The van der Waals surface area contributed by atoms with Crippen LogP contribution in [0.1, 0.15) is 5.76 Å². The van der Waals surface area contributed by atoms with Crippen LogP contribution < -0.4 is 5.32 Å². The molecule has 1 heterocycles. The predicted molar refractivity (Wildman–Crippen MR) is 45.6 cm³/mol. The largest absolute Gasteiger partial charge is 0.469 e. The van der Waals surface area contributed by atoms with Gasteiger partial charge in [-0.3, -0.25) is 4.79 Å². The molecular weight excluding hydrogens is 154 g/mol. The summed E-state index contributed by atoms with van der Waals surface area (Å²) < 4.78 is 5.00. The van der Waals surface area contributed by atoms with Gasteiger partial charge in [0.05, 0.1) is 12.7 Å². The third-order valence-corrected chi connectivity index (χ3v) is 1.36. The van der Waals surface area contributed by atoms with Gasteiger partial charge in [0.15, 0.2) is 0 Å². The first-order valence-electron chi connectivity index (χ1n) is 3.73. The van der Waals surface area contributed by atoms with Crippen LogP contribution in [0.3, 0.4) is 0 Å². The van der Waals surface area contributed by atoms with E-state index in [-0.39, 0.29) is 5.91 Å². The molecule has 1 amide bonds. The van der Waals surface area contributed by atoms with Crippen molar-refractivity contribution in [2.24, 2.45) is 0 Å². The molecule has 0 saturated heterocycles. The van der Waals surface area contributed by atoms with Gasteiger partial charge in [0.2, 0.25) is 5.91 Å². The molecule has 0 aliphatic carbocycles. The van der Waals surface area contributed by atoms with Crippen molar-refractivity contribution in [3.8, 4) is 0 Å². The Morgan fingerprint density at radius 3 is 3.17 bits per heavy atom. The molecule has 12 heavy (non-hydrogen) atoms. The number of hydrogen-bond acceptors (Lipinski definition) is 2. The number of carbonyl (C=O) groups is 1. The third kappa shape index (κ3) is 2.62. The molecule has 0 fully saturated rings. The first kappa shape index (κ1) is 8.59. The average molecular weight is 165 g/mol. The second-order valence-electron chi connectivity index (χ2n) is 2.35. The van der Waals surface area contributed by atoms with Crippen LogP contribution in [0.25, 0.3) is 0 Å². The average Bonchev–Trinajstić information content (AvgIpc) is 2.53. The molecule has 0 atom stereocenters. The molecule has 0 saturated carbocycles. The Hall–Kier alpha value is -1.51. The van der Waals surface area contributed by atoms with Crippen LogP contribution in [-0.2, 0) is 11.2 Å². The van der Waals surface area contributed by atoms with Crippen LogP contribution >= 0.6 is 0 Å². The summed E-state index contributed by atoms with van der Waals surface area (Å²) in [7, 11) is 0. The summed E-state index contributed by atoms with van der Waals surface area (Å²) in [6, 6.07) is 3.53. The summed E-state index contributed by atoms with van der Waals surface area (Å²) in [6.45, 7) is 3.99. The molecule has 0 bridgehead atoms. The van der Waals surface area contributed by atoms with Crippen molar-refractivity contribution in [3.63, 3.8) is 0 Å². The summed E-state index contributed by atoms with van der Waals surface area (Å²) in [5.74, 6) is 0.626. The Balaban J connectivity index is 2.32. The van der Waals surface area contributed by atoms with E-state index in [2.05, 4.69) is 11.9 Å². The van der Waals surface area contributed by atoms with Crippen LogP contribution in [0, 0.1) is 0 Å². The highest BCUT2D eigenvalue weighted by molar-refractivity contribution is 5.77. The zero-order chi connectivity index (χ0) is 8.81. The molecule has 3 nitrogen and oxygen atoms in total. The number of carbonyl (C=O) groups excluding carboxylic acids is 1. The SMILES string of the molecule is C=CCNC(=O)Cc1ccco1. The highest BCUT2D eigenvalue weighted by Crippen LogP contribution is 1.99. The molecule has 1 aromatic heterocycles. The zero-order valence-electron chi connectivity index (χ0n) is 6.75. The Morgan fingerprint density at radius 1 is 1.75 bits per heavy atom. The lowest BCUT2D eigenvalue weighted by Gasteiger charge is -1.98. The summed E-state index contributed by atoms with van der Waals surface area (Å²) in [4.78, 5) is 11.1. The minimum Gasteiger partial charge on any atom is -0.469 e. The van der Waals surface area contributed by atoms with E-state index in [1.807, 2.05) is 0 Å². The summed E-state index contributed by atoms with van der Waals surface area (Å²) in [5, 5.41) is 2.65. The second-order valence-corrected chi connectivity index (χ2v) is 2.35. The Kier molecular flexibility index (Phi) is 3.14. The first-order valence-corrected chi connectivity index (χ1v) is 3.73. The highest BCUT2D eigenvalue weighted by Gasteiger charge is 2.02. The van der Waals surface area contributed by atoms with Crippen molar-refractivity contribution in [3.05, 3.63) is 36.8 Å². The van der Waals surface area contributed by atoms with Gasteiger partial charge in [-0.1, -0.05) is 6.08 Å². The van der Waals surface area contributed by atoms with Crippen molar-refractivity contribution in [2.75, 3.05) is 6.54 Å². The van der Waals surface area contributed by atoms with Gasteiger partial charge in [-0.2, -0.15) is 0 Å². The van der Waals surface area contributed by atoms with E-state index in [4.69, 9.17) is 4.42 Å². The lowest BCUT2D eigenvalue weighted by Crippen LogP contribution is -2.24. The molecule has 0 unspecified atom stereocenters. The lowest BCUT2D eigenvalue weighted by atomic mass is 10.3. The fourth-order valence-corrected chi connectivity index (χ4v) is 0.820. The van der Waals surface area contributed by atoms with Crippen molar-refractivity contribution in [1.29, 1.82) is 0 Å². The van der Waals surface area contributed by atoms with Crippen molar-refractivity contribution >= 4 is 5.91 Å².